The number of nitrogens with one attached hydrogen (secondary N) is 1. The largest absolute Gasteiger partial charge is 0.329 e. The maximum Gasteiger partial charge on any atom is 0.244 e. The van der Waals surface area contributed by atoms with E-state index in [1.165, 1.54) is 24.0 Å². The molecule has 5 nitrogen and oxygen atoms in total. The Morgan fingerprint density at radius 2 is 1.83 bits per heavy atom. The molecule has 0 bridgehead atoms. The highest BCUT2D eigenvalue weighted by Crippen LogP contribution is 2.14. The predicted molar refractivity (Wildman–Crippen MR) is 87.3 cm³/mol. The van der Waals surface area contributed by atoms with Gasteiger partial charge in [-0.2, -0.15) is 5.26 Å². The molecule has 0 saturated carbocycles. The van der Waals surface area contributed by atoms with Crippen LogP contribution in [0.15, 0.2) is 48.5 Å². The zero-order valence-electron chi connectivity index (χ0n) is 13.1. The van der Waals surface area contributed by atoms with Gasteiger partial charge in [-0.25, -0.2) is 4.39 Å². The standard InChI is InChI=1S/C18H16FN3O2/c1-13(23)22(11-14-6-8-16(19)9-7-14)12-18(24)21-17-5-3-2-4-15(17)10-20/h2-9H,11-12H2,1H3,(H,21,24). The summed E-state index contributed by atoms with van der Waals surface area (Å²) in [7, 11) is 0. The van der Waals surface area contributed by atoms with E-state index >= 15 is 0 Å². The van der Waals surface area contributed by atoms with Crippen LogP contribution in [-0.4, -0.2) is 23.3 Å². The quantitative estimate of drug-likeness (QED) is 0.918. The van der Waals surface area contributed by atoms with Crippen LogP contribution in [0.25, 0.3) is 0 Å². The molecule has 0 radical (unpaired) electrons. The third-order valence-electron chi connectivity index (χ3n) is 3.39. The average Bonchev–Trinajstić information content (AvgIpc) is 2.56. The molecule has 0 spiro atoms. The van der Waals surface area contributed by atoms with Crippen molar-refractivity contribution < 1.29 is 14.0 Å². The number of nitrogens with zero attached hydrogens (tertiary/aromatic N) is 2. The van der Waals surface area contributed by atoms with Gasteiger partial charge in [-0.05, 0) is 29.8 Å². The maximum absolute atomic E-state index is 12.9. The van der Waals surface area contributed by atoms with Gasteiger partial charge in [0.1, 0.15) is 18.4 Å². The Balaban J connectivity index is 2.04. The van der Waals surface area contributed by atoms with Gasteiger partial charge in [0.2, 0.25) is 11.8 Å². The third-order valence-corrected chi connectivity index (χ3v) is 3.39. The van der Waals surface area contributed by atoms with Gasteiger partial charge in [0.25, 0.3) is 0 Å². The van der Waals surface area contributed by atoms with E-state index in [4.69, 9.17) is 5.26 Å². The van der Waals surface area contributed by atoms with Crippen molar-refractivity contribution >= 4 is 17.5 Å². The molecular formula is C18H16FN3O2. The van der Waals surface area contributed by atoms with E-state index in [-0.39, 0.29) is 24.8 Å². The number of rotatable bonds is 5. The van der Waals surface area contributed by atoms with Crippen LogP contribution in [0.2, 0.25) is 0 Å². The third kappa shape index (κ3) is 4.65. The fourth-order valence-electron chi connectivity index (χ4n) is 2.14. The first-order valence-electron chi connectivity index (χ1n) is 7.28. The SMILES string of the molecule is CC(=O)N(CC(=O)Nc1ccccc1C#N)Cc1ccc(F)cc1. The Labute approximate surface area is 139 Å². The molecule has 0 atom stereocenters. The van der Waals surface area contributed by atoms with Crippen LogP contribution in [0.3, 0.4) is 0 Å². The molecule has 0 aliphatic carbocycles. The molecule has 0 heterocycles. The number of carbonyl (C=O) groups is 2. The molecular weight excluding hydrogens is 309 g/mol. The van der Waals surface area contributed by atoms with Crippen molar-refractivity contribution in [2.45, 2.75) is 13.5 Å². The Morgan fingerprint density at radius 1 is 1.17 bits per heavy atom. The number of carbonyl (C=O) groups excluding carboxylic acids is 2. The van der Waals surface area contributed by atoms with Gasteiger partial charge in [-0.1, -0.05) is 24.3 Å². The smallest absolute Gasteiger partial charge is 0.244 e. The lowest BCUT2D eigenvalue weighted by Crippen LogP contribution is -2.36. The monoisotopic (exact) mass is 325 g/mol. The van der Waals surface area contributed by atoms with Gasteiger partial charge in [0.05, 0.1) is 11.3 Å². The number of anilines is 1. The van der Waals surface area contributed by atoms with Crippen LogP contribution in [0.5, 0.6) is 0 Å². The first-order chi connectivity index (χ1) is 11.5. The molecule has 1 N–H and O–H groups in total. The van der Waals surface area contributed by atoms with E-state index in [9.17, 15) is 14.0 Å². The summed E-state index contributed by atoms with van der Waals surface area (Å²) in [6.45, 7) is 1.40. The summed E-state index contributed by atoms with van der Waals surface area (Å²) in [5.41, 5.74) is 1.46. The fraction of sp³-hybridized carbons (Fsp3) is 0.167. The highest BCUT2D eigenvalue weighted by atomic mass is 19.1. The average molecular weight is 325 g/mol. The van der Waals surface area contributed by atoms with Gasteiger partial charge in [-0.3, -0.25) is 9.59 Å². The van der Waals surface area contributed by atoms with Crippen molar-refractivity contribution in [3.8, 4) is 6.07 Å². The predicted octanol–water partition coefficient (Wildman–Crippen LogP) is 2.68. The second-order valence-electron chi connectivity index (χ2n) is 5.21. The summed E-state index contributed by atoms with van der Waals surface area (Å²) in [4.78, 5) is 25.3. The fourth-order valence-corrected chi connectivity index (χ4v) is 2.14. The minimum absolute atomic E-state index is 0.160. The van der Waals surface area contributed by atoms with Crippen molar-refractivity contribution in [3.05, 3.63) is 65.5 Å². The number of halogens is 1. The summed E-state index contributed by atoms with van der Waals surface area (Å²) < 4.78 is 12.9. The molecule has 0 unspecified atom stereocenters. The number of hydrogen-bond acceptors (Lipinski definition) is 3. The van der Waals surface area contributed by atoms with Crippen LogP contribution >= 0.6 is 0 Å². The van der Waals surface area contributed by atoms with Crippen molar-refractivity contribution in [2.75, 3.05) is 11.9 Å². The molecule has 24 heavy (non-hydrogen) atoms. The Morgan fingerprint density at radius 3 is 2.46 bits per heavy atom. The van der Waals surface area contributed by atoms with E-state index in [1.54, 1.807) is 36.4 Å². The second-order valence-corrected chi connectivity index (χ2v) is 5.21. The van der Waals surface area contributed by atoms with Crippen LogP contribution in [0.1, 0.15) is 18.1 Å². The van der Waals surface area contributed by atoms with Crippen LogP contribution in [0, 0.1) is 17.1 Å². The first kappa shape index (κ1) is 17.2. The second kappa shape index (κ2) is 7.88. The van der Waals surface area contributed by atoms with Gasteiger partial charge < -0.3 is 10.2 Å². The Hall–Kier alpha value is -3.20. The number of benzene rings is 2. The van der Waals surface area contributed by atoms with E-state index in [2.05, 4.69) is 5.32 Å². The molecule has 0 saturated heterocycles. The van der Waals surface area contributed by atoms with E-state index < -0.39 is 5.91 Å². The minimum Gasteiger partial charge on any atom is -0.329 e. The number of para-hydroxylation sites is 1. The number of nitriles is 1. The van der Waals surface area contributed by atoms with E-state index in [1.807, 2.05) is 6.07 Å². The van der Waals surface area contributed by atoms with Crippen LogP contribution in [-0.2, 0) is 16.1 Å². The van der Waals surface area contributed by atoms with Gasteiger partial charge in [0, 0.05) is 13.5 Å². The summed E-state index contributed by atoms with van der Waals surface area (Å²) in [6, 6.07) is 14.3. The molecule has 0 aliphatic rings. The van der Waals surface area contributed by atoms with Crippen molar-refractivity contribution in [1.82, 2.24) is 4.90 Å². The molecule has 2 amide bonds. The first-order valence-corrected chi connectivity index (χ1v) is 7.28. The van der Waals surface area contributed by atoms with Gasteiger partial charge in [0.15, 0.2) is 0 Å². The highest BCUT2D eigenvalue weighted by molar-refractivity contribution is 5.95. The zero-order valence-corrected chi connectivity index (χ0v) is 13.1. The van der Waals surface area contributed by atoms with E-state index in [0.717, 1.165) is 5.56 Å². The highest BCUT2D eigenvalue weighted by Gasteiger charge is 2.15. The van der Waals surface area contributed by atoms with Gasteiger partial charge in [-0.15, -0.1) is 0 Å². The Bertz CT molecular complexity index is 782. The topological polar surface area (TPSA) is 73.2 Å². The molecule has 0 aliphatic heterocycles. The summed E-state index contributed by atoms with van der Waals surface area (Å²) in [5.74, 6) is -1.04. The molecule has 2 rings (SSSR count). The normalized spacial score (nSPS) is 9.88. The molecule has 0 aromatic heterocycles. The summed E-state index contributed by atoms with van der Waals surface area (Å²) in [6.07, 6.45) is 0. The molecule has 122 valence electrons. The lowest BCUT2D eigenvalue weighted by atomic mass is 10.2. The molecule has 6 heteroatoms. The summed E-state index contributed by atoms with van der Waals surface area (Å²) in [5, 5.41) is 11.6. The van der Waals surface area contributed by atoms with Gasteiger partial charge >= 0.3 is 0 Å². The maximum atomic E-state index is 12.9. The number of hydrogen-bond donors (Lipinski definition) is 1. The van der Waals surface area contributed by atoms with Crippen LogP contribution in [0.4, 0.5) is 10.1 Å². The van der Waals surface area contributed by atoms with Crippen molar-refractivity contribution in [3.63, 3.8) is 0 Å². The zero-order chi connectivity index (χ0) is 17.5. The van der Waals surface area contributed by atoms with Crippen molar-refractivity contribution in [2.24, 2.45) is 0 Å². The Kier molecular flexibility index (Phi) is 5.63. The van der Waals surface area contributed by atoms with E-state index in [0.29, 0.717) is 11.3 Å². The van der Waals surface area contributed by atoms with Crippen LogP contribution < -0.4 is 5.32 Å². The molecule has 2 aromatic carbocycles. The molecule has 2 aromatic rings. The lowest BCUT2D eigenvalue weighted by Gasteiger charge is -2.20. The lowest BCUT2D eigenvalue weighted by molar-refractivity contribution is -0.133. The number of amides is 2. The summed E-state index contributed by atoms with van der Waals surface area (Å²) >= 11 is 0. The molecule has 0 fully saturated rings. The minimum atomic E-state index is -0.407. The van der Waals surface area contributed by atoms with Crippen molar-refractivity contribution in [1.29, 1.82) is 5.26 Å².